The molecule has 1 heterocycles. The zero-order valence-electron chi connectivity index (χ0n) is 11.7. The Morgan fingerprint density at radius 3 is 2.95 bits per heavy atom. The van der Waals surface area contributed by atoms with E-state index in [2.05, 4.69) is 29.3 Å². The van der Waals surface area contributed by atoms with Gasteiger partial charge in [-0.2, -0.15) is 0 Å². The van der Waals surface area contributed by atoms with E-state index in [4.69, 9.17) is 16.3 Å². The van der Waals surface area contributed by atoms with Crippen molar-refractivity contribution in [1.82, 2.24) is 15.2 Å². The van der Waals surface area contributed by atoms with Gasteiger partial charge in [0.25, 0.3) is 0 Å². The maximum atomic E-state index is 6.14. The fraction of sp³-hybridized carbons (Fsp3) is 0.643. The Bertz CT molecular complexity index is 408. The van der Waals surface area contributed by atoms with Crippen LogP contribution >= 0.6 is 11.6 Å². The number of pyridine rings is 1. The molecule has 0 aromatic carbocycles. The quantitative estimate of drug-likeness (QED) is 0.743. The number of halogens is 1. The molecule has 1 N–H and O–H groups in total. The first-order valence-electron chi connectivity index (χ1n) is 6.80. The van der Waals surface area contributed by atoms with Crippen LogP contribution in [-0.2, 0) is 6.54 Å². The Morgan fingerprint density at radius 2 is 2.26 bits per heavy atom. The average molecular weight is 284 g/mol. The van der Waals surface area contributed by atoms with Crippen molar-refractivity contribution >= 4 is 11.6 Å². The first-order valence-corrected chi connectivity index (χ1v) is 7.18. The molecular weight excluding hydrogens is 262 g/mol. The van der Waals surface area contributed by atoms with Crippen LogP contribution in [0.25, 0.3) is 0 Å². The lowest BCUT2D eigenvalue weighted by Crippen LogP contribution is -2.16. The van der Waals surface area contributed by atoms with Gasteiger partial charge in [-0.1, -0.05) is 11.6 Å². The molecule has 0 spiro atoms. The monoisotopic (exact) mass is 283 g/mol. The van der Waals surface area contributed by atoms with Crippen molar-refractivity contribution in [1.29, 1.82) is 0 Å². The second-order valence-electron chi connectivity index (χ2n) is 5.27. The van der Waals surface area contributed by atoms with Crippen molar-refractivity contribution in [2.45, 2.75) is 31.8 Å². The van der Waals surface area contributed by atoms with Gasteiger partial charge >= 0.3 is 0 Å². The van der Waals surface area contributed by atoms with E-state index in [-0.39, 0.29) is 0 Å². The van der Waals surface area contributed by atoms with Crippen LogP contribution < -0.4 is 10.1 Å². The lowest BCUT2D eigenvalue weighted by Gasteiger charge is -2.11. The highest BCUT2D eigenvalue weighted by Gasteiger charge is 2.20. The molecule has 1 aliphatic rings. The third-order valence-electron chi connectivity index (χ3n) is 3.07. The van der Waals surface area contributed by atoms with Gasteiger partial charge in [-0.05, 0) is 38.9 Å². The molecule has 0 saturated heterocycles. The minimum Gasteiger partial charge on any atom is -0.478 e. The summed E-state index contributed by atoms with van der Waals surface area (Å²) in [4.78, 5) is 6.35. The van der Waals surface area contributed by atoms with Crippen LogP contribution in [0, 0.1) is 0 Å². The number of ether oxygens (including phenoxy) is 1. The normalized spacial score (nSPS) is 14.9. The number of rotatable bonds is 8. The smallest absolute Gasteiger partial charge is 0.213 e. The van der Waals surface area contributed by atoms with Gasteiger partial charge in [-0.15, -0.1) is 0 Å². The topological polar surface area (TPSA) is 37.4 Å². The molecule has 4 nitrogen and oxygen atoms in total. The largest absolute Gasteiger partial charge is 0.478 e. The Hall–Kier alpha value is -0.840. The van der Waals surface area contributed by atoms with Gasteiger partial charge in [0, 0.05) is 31.4 Å². The predicted octanol–water partition coefficient (Wildman–Crippen LogP) is 2.32. The van der Waals surface area contributed by atoms with Gasteiger partial charge in [-0.25, -0.2) is 4.98 Å². The number of nitrogens with zero attached hydrogens (tertiary/aromatic N) is 2. The van der Waals surface area contributed by atoms with E-state index in [1.165, 1.54) is 12.8 Å². The molecular formula is C14H22ClN3O. The Balaban J connectivity index is 1.80. The van der Waals surface area contributed by atoms with E-state index < -0.39 is 0 Å². The first kappa shape index (κ1) is 14.6. The molecule has 1 aromatic rings. The van der Waals surface area contributed by atoms with Crippen molar-refractivity contribution in [3.8, 4) is 5.88 Å². The van der Waals surface area contributed by atoms with Crippen molar-refractivity contribution < 1.29 is 4.74 Å². The van der Waals surface area contributed by atoms with Gasteiger partial charge in [0.05, 0.1) is 11.6 Å². The maximum absolute atomic E-state index is 6.14. The zero-order valence-corrected chi connectivity index (χ0v) is 12.4. The minimum absolute atomic E-state index is 0.663. The van der Waals surface area contributed by atoms with Crippen LogP contribution in [0.15, 0.2) is 12.3 Å². The SMILES string of the molecule is CN(C)CCCOc1cc(CNC2CC2)c(Cl)cn1. The summed E-state index contributed by atoms with van der Waals surface area (Å²) in [6.07, 6.45) is 5.22. The lowest BCUT2D eigenvalue weighted by atomic mass is 10.2. The third-order valence-corrected chi connectivity index (χ3v) is 3.41. The number of nitrogens with one attached hydrogen (secondary N) is 1. The summed E-state index contributed by atoms with van der Waals surface area (Å²) in [6.45, 7) is 2.49. The zero-order chi connectivity index (χ0) is 13.7. The Morgan fingerprint density at radius 1 is 1.47 bits per heavy atom. The van der Waals surface area contributed by atoms with Crippen molar-refractivity contribution in [2.75, 3.05) is 27.2 Å². The first-order chi connectivity index (χ1) is 9.15. The summed E-state index contributed by atoms with van der Waals surface area (Å²) in [6, 6.07) is 2.61. The molecule has 0 aliphatic heterocycles. The fourth-order valence-electron chi connectivity index (χ4n) is 1.77. The molecule has 106 valence electrons. The van der Waals surface area contributed by atoms with Crippen LogP contribution in [0.2, 0.25) is 5.02 Å². The second-order valence-corrected chi connectivity index (χ2v) is 5.68. The van der Waals surface area contributed by atoms with Crippen LogP contribution in [0.1, 0.15) is 24.8 Å². The van der Waals surface area contributed by atoms with Crippen LogP contribution in [0.4, 0.5) is 0 Å². The number of hydrogen-bond donors (Lipinski definition) is 1. The molecule has 2 rings (SSSR count). The molecule has 0 unspecified atom stereocenters. The molecule has 1 aliphatic carbocycles. The van der Waals surface area contributed by atoms with Gasteiger partial charge in [0.2, 0.25) is 5.88 Å². The molecule has 0 amide bonds. The second kappa shape index (κ2) is 7.08. The van der Waals surface area contributed by atoms with E-state index in [0.29, 0.717) is 23.6 Å². The van der Waals surface area contributed by atoms with Gasteiger partial charge in [-0.3, -0.25) is 0 Å². The Kier molecular flexibility index (Phi) is 5.43. The van der Waals surface area contributed by atoms with Crippen molar-refractivity contribution in [3.05, 3.63) is 22.8 Å². The average Bonchev–Trinajstić information content (AvgIpc) is 3.18. The summed E-state index contributed by atoms with van der Waals surface area (Å²) < 4.78 is 5.65. The maximum Gasteiger partial charge on any atom is 0.213 e. The standard InChI is InChI=1S/C14H22ClN3O/c1-18(2)6-3-7-19-14-8-11(13(15)10-17-14)9-16-12-4-5-12/h8,10,12,16H,3-7,9H2,1-2H3. The molecule has 0 bridgehead atoms. The molecule has 0 radical (unpaired) electrons. The van der Waals surface area contributed by atoms with Crippen LogP contribution in [0.5, 0.6) is 5.88 Å². The van der Waals surface area contributed by atoms with E-state index in [0.717, 1.165) is 25.1 Å². The summed E-state index contributed by atoms with van der Waals surface area (Å²) in [5, 5.41) is 4.15. The third kappa shape index (κ3) is 5.35. The van der Waals surface area contributed by atoms with Gasteiger partial charge < -0.3 is 15.0 Å². The van der Waals surface area contributed by atoms with E-state index >= 15 is 0 Å². The summed E-state index contributed by atoms with van der Waals surface area (Å²) in [5.74, 6) is 0.663. The minimum atomic E-state index is 0.663. The van der Waals surface area contributed by atoms with Crippen molar-refractivity contribution in [3.63, 3.8) is 0 Å². The molecule has 1 aromatic heterocycles. The highest BCUT2D eigenvalue weighted by molar-refractivity contribution is 6.31. The van der Waals surface area contributed by atoms with E-state index in [1.54, 1.807) is 6.20 Å². The Labute approximate surface area is 120 Å². The van der Waals surface area contributed by atoms with E-state index in [9.17, 15) is 0 Å². The summed E-state index contributed by atoms with van der Waals surface area (Å²) in [5.41, 5.74) is 1.06. The van der Waals surface area contributed by atoms with Gasteiger partial charge in [0.1, 0.15) is 0 Å². The molecule has 1 saturated carbocycles. The lowest BCUT2D eigenvalue weighted by molar-refractivity contribution is 0.273. The predicted molar refractivity (Wildman–Crippen MR) is 77.8 cm³/mol. The molecule has 1 fully saturated rings. The molecule has 5 heteroatoms. The highest BCUT2D eigenvalue weighted by atomic mass is 35.5. The van der Waals surface area contributed by atoms with Crippen LogP contribution in [0.3, 0.4) is 0 Å². The fourth-order valence-corrected chi connectivity index (χ4v) is 1.94. The number of hydrogen-bond acceptors (Lipinski definition) is 4. The number of aromatic nitrogens is 1. The summed E-state index contributed by atoms with van der Waals surface area (Å²) in [7, 11) is 4.12. The summed E-state index contributed by atoms with van der Waals surface area (Å²) >= 11 is 6.14. The molecule has 0 atom stereocenters. The van der Waals surface area contributed by atoms with Crippen LogP contribution in [-0.4, -0.2) is 43.2 Å². The van der Waals surface area contributed by atoms with Gasteiger partial charge in [0.15, 0.2) is 0 Å². The van der Waals surface area contributed by atoms with Crippen molar-refractivity contribution in [2.24, 2.45) is 0 Å². The van der Waals surface area contributed by atoms with E-state index in [1.807, 2.05) is 6.07 Å². The highest BCUT2D eigenvalue weighted by Crippen LogP contribution is 2.23. The molecule has 19 heavy (non-hydrogen) atoms.